The second-order valence-electron chi connectivity index (χ2n) is 3.58. The highest BCUT2D eigenvalue weighted by molar-refractivity contribution is 9.09. The lowest BCUT2D eigenvalue weighted by Crippen LogP contribution is -2.32. The summed E-state index contributed by atoms with van der Waals surface area (Å²) >= 11 is 3.52. The Balaban J connectivity index is 2.06. The highest BCUT2D eigenvalue weighted by atomic mass is 79.9. The first kappa shape index (κ1) is 9.28. The van der Waals surface area contributed by atoms with Crippen molar-refractivity contribution >= 4 is 15.9 Å². The van der Waals surface area contributed by atoms with Crippen molar-refractivity contribution in [3.05, 3.63) is 24.2 Å². The SMILES string of the molecule is BrCC1(Cc2ccoc2)CCCO1. The van der Waals surface area contributed by atoms with Crippen molar-refractivity contribution in [2.45, 2.75) is 24.9 Å². The summed E-state index contributed by atoms with van der Waals surface area (Å²) in [4.78, 5) is 0. The highest BCUT2D eigenvalue weighted by Gasteiger charge is 2.34. The Hall–Kier alpha value is -0.280. The molecule has 1 aliphatic rings. The molecule has 1 atom stereocenters. The van der Waals surface area contributed by atoms with Gasteiger partial charge in [-0.1, -0.05) is 15.9 Å². The maximum atomic E-state index is 5.77. The van der Waals surface area contributed by atoms with Crippen molar-refractivity contribution in [1.29, 1.82) is 0 Å². The fourth-order valence-corrected chi connectivity index (χ4v) is 2.45. The summed E-state index contributed by atoms with van der Waals surface area (Å²) < 4.78 is 10.8. The molecule has 1 aromatic heterocycles. The first-order valence-electron chi connectivity index (χ1n) is 4.56. The Bertz CT molecular complexity index is 250. The molecule has 1 aromatic rings. The number of furan rings is 1. The zero-order chi connectivity index (χ0) is 9.15. The molecule has 0 N–H and O–H groups in total. The van der Waals surface area contributed by atoms with Crippen LogP contribution in [0.3, 0.4) is 0 Å². The molecule has 0 aliphatic carbocycles. The molecule has 2 rings (SSSR count). The molecule has 2 nitrogen and oxygen atoms in total. The van der Waals surface area contributed by atoms with Gasteiger partial charge in [-0.2, -0.15) is 0 Å². The van der Waals surface area contributed by atoms with Crippen LogP contribution in [0, 0.1) is 0 Å². The van der Waals surface area contributed by atoms with E-state index < -0.39 is 0 Å². The smallest absolute Gasteiger partial charge is 0.0935 e. The molecular formula is C10H13BrO2. The van der Waals surface area contributed by atoms with Gasteiger partial charge in [0.05, 0.1) is 18.1 Å². The van der Waals surface area contributed by atoms with Crippen molar-refractivity contribution in [2.75, 3.05) is 11.9 Å². The molecule has 0 aromatic carbocycles. The Labute approximate surface area is 86.4 Å². The minimum Gasteiger partial charge on any atom is -0.472 e. The molecule has 2 heterocycles. The van der Waals surface area contributed by atoms with Crippen molar-refractivity contribution in [2.24, 2.45) is 0 Å². The van der Waals surface area contributed by atoms with Crippen molar-refractivity contribution in [3.63, 3.8) is 0 Å². The molecule has 1 aliphatic heterocycles. The van der Waals surface area contributed by atoms with Crippen LogP contribution < -0.4 is 0 Å². The first-order valence-corrected chi connectivity index (χ1v) is 5.68. The van der Waals surface area contributed by atoms with Gasteiger partial charge in [0.25, 0.3) is 0 Å². The maximum absolute atomic E-state index is 5.77. The third-order valence-electron chi connectivity index (χ3n) is 2.53. The van der Waals surface area contributed by atoms with Crippen LogP contribution >= 0.6 is 15.9 Å². The van der Waals surface area contributed by atoms with Crippen molar-refractivity contribution in [1.82, 2.24) is 0 Å². The molecule has 3 heteroatoms. The Morgan fingerprint density at radius 2 is 2.46 bits per heavy atom. The van der Waals surface area contributed by atoms with Gasteiger partial charge in [-0.15, -0.1) is 0 Å². The van der Waals surface area contributed by atoms with Gasteiger partial charge in [0.1, 0.15) is 0 Å². The molecule has 13 heavy (non-hydrogen) atoms. The van der Waals surface area contributed by atoms with Gasteiger partial charge in [0, 0.05) is 18.4 Å². The fourth-order valence-electron chi connectivity index (χ4n) is 1.81. The largest absolute Gasteiger partial charge is 0.472 e. The molecule has 0 saturated carbocycles. The summed E-state index contributed by atoms with van der Waals surface area (Å²) in [5.41, 5.74) is 1.24. The van der Waals surface area contributed by atoms with Crippen LogP contribution in [-0.4, -0.2) is 17.5 Å². The topological polar surface area (TPSA) is 22.4 Å². The van der Waals surface area contributed by atoms with Crippen LogP contribution in [0.5, 0.6) is 0 Å². The van der Waals surface area contributed by atoms with Crippen LogP contribution in [0.4, 0.5) is 0 Å². The molecule has 0 amide bonds. The van der Waals surface area contributed by atoms with E-state index in [0.29, 0.717) is 0 Å². The zero-order valence-corrected chi connectivity index (χ0v) is 9.05. The van der Waals surface area contributed by atoms with E-state index in [1.807, 2.05) is 6.07 Å². The lowest BCUT2D eigenvalue weighted by atomic mass is 9.95. The molecule has 72 valence electrons. The zero-order valence-electron chi connectivity index (χ0n) is 7.46. The van der Waals surface area contributed by atoms with Crippen molar-refractivity contribution in [3.8, 4) is 0 Å². The number of ether oxygens (including phenoxy) is 1. The van der Waals surface area contributed by atoms with E-state index in [0.717, 1.165) is 24.8 Å². The second kappa shape index (κ2) is 3.84. The number of hydrogen-bond acceptors (Lipinski definition) is 2. The standard InChI is InChI=1S/C10H13BrO2/c11-8-10(3-1-4-13-10)6-9-2-5-12-7-9/h2,5,7H,1,3-4,6,8H2. The van der Waals surface area contributed by atoms with E-state index in [2.05, 4.69) is 15.9 Å². The first-order chi connectivity index (χ1) is 6.35. The summed E-state index contributed by atoms with van der Waals surface area (Å²) in [6.07, 6.45) is 6.78. The van der Waals surface area contributed by atoms with Gasteiger partial charge >= 0.3 is 0 Å². The molecule has 0 bridgehead atoms. The Morgan fingerprint density at radius 3 is 3.00 bits per heavy atom. The quantitative estimate of drug-likeness (QED) is 0.764. The van der Waals surface area contributed by atoms with Crippen molar-refractivity contribution < 1.29 is 9.15 Å². The molecular weight excluding hydrogens is 232 g/mol. The van der Waals surface area contributed by atoms with E-state index >= 15 is 0 Å². The van der Waals surface area contributed by atoms with Crippen LogP contribution in [0.15, 0.2) is 23.0 Å². The minimum absolute atomic E-state index is 0.0177. The number of halogens is 1. The molecule has 0 spiro atoms. The number of rotatable bonds is 3. The Morgan fingerprint density at radius 1 is 1.54 bits per heavy atom. The summed E-state index contributed by atoms with van der Waals surface area (Å²) in [6, 6.07) is 2.01. The monoisotopic (exact) mass is 244 g/mol. The average molecular weight is 245 g/mol. The normalized spacial score (nSPS) is 28.1. The minimum atomic E-state index is 0.0177. The second-order valence-corrected chi connectivity index (χ2v) is 4.14. The third kappa shape index (κ3) is 1.97. The maximum Gasteiger partial charge on any atom is 0.0935 e. The molecule has 0 radical (unpaired) electrons. The van der Waals surface area contributed by atoms with Gasteiger partial charge in [0.15, 0.2) is 0 Å². The van der Waals surface area contributed by atoms with Gasteiger partial charge < -0.3 is 9.15 Å². The van der Waals surface area contributed by atoms with Crippen LogP contribution in [0.2, 0.25) is 0 Å². The fraction of sp³-hybridized carbons (Fsp3) is 0.600. The summed E-state index contributed by atoms with van der Waals surface area (Å²) in [7, 11) is 0. The van der Waals surface area contributed by atoms with E-state index in [-0.39, 0.29) is 5.60 Å². The molecule has 1 saturated heterocycles. The summed E-state index contributed by atoms with van der Waals surface area (Å²) in [5.74, 6) is 0. The summed E-state index contributed by atoms with van der Waals surface area (Å²) in [5, 5.41) is 0.908. The van der Waals surface area contributed by atoms with Gasteiger partial charge in [0.2, 0.25) is 0 Å². The lowest BCUT2D eigenvalue weighted by Gasteiger charge is -2.25. The summed E-state index contributed by atoms with van der Waals surface area (Å²) in [6.45, 7) is 0.892. The third-order valence-corrected chi connectivity index (χ3v) is 3.56. The average Bonchev–Trinajstić information content (AvgIpc) is 2.77. The Kier molecular flexibility index (Phi) is 2.74. The predicted octanol–water partition coefficient (Wildman–Crippen LogP) is 2.77. The van der Waals surface area contributed by atoms with Crippen LogP contribution in [-0.2, 0) is 11.2 Å². The van der Waals surface area contributed by atoms with E-state index in [1.165, 1.54) is 12.0 Å². The van der Waals surface area contributed by atoms with Crippen LogP contribution in [0.25, 0.3) is 0 Å². The van der Waals surface area contributed by atoms with E-state index in [4.69, 9.17) is 9.15 Å². The molecule has 1 fully saturated rings. The van der Waals surface area contributed by atoms with Crippen LogP contribution in [0.1, 0.15) is 18.4 Å². The number of hydrogen-bond donors (Lipinski definition) is 0. The van der Waals surface area contributed by atoms with E-state index in [9.17, 15) is 0 Å². The predicted molar refractivity (Wildman–Crippen MR) is 54.1 cm³/mol. The van der Waals surface area contributed by atoms with Gasteiger partial charge in [-0.25, -0.2) is 0 Å². The van der Waals surface area contributed by atoms with Gasteiger partial charge in [-0.3, -0.25) is 0 Å². The van der Waals surface area contributed by atoms with Gasteiger partial charge in [-0.05, 0) is 24.5 Å². The van der Waals surface area contributed by atoms with E-state index in [1.54, 1.807) is 12.5 Å². The number of alkyl halides is 1. The lowest BCUT2D eigenvalue weighted by molar-refractivity contribution is 0.0258. The highest BCUT2D eigenvalue weighted by Crippen LogP contribution is 2.31. The molecule has 1 unspecified atom stereocenters.